The van der Waals surface area contributed by atoms with Crippen LogP contribution in [0.5, 0.6) is 5.75 Å². The number of amides is 2. The fraction of sp³-hybridized carbons (Fsp3) is 0.0909. The average molecular weight is 483 g/mol. The van der Waals surface area contributed by atoms with E-state index in [1.54, 1.807) is 24.3 Å². The number of anilines is 2. The minimum Gasteiger partial charge on any atom is -0.485 e. The Morgan fingerprint density at radius 3 is 2.06 bits per heavy atom. The number of urea groups is 1. The molecule has 0 saturated heterocycles. The summed E-state index contributed by atoms with van der Waals surface area (Å²) in [4.78, 5) is 24.2. The number of rotatable bonds is 6. The quantitative estimate of drug-likeness (QED) is 0.374. The van der Waals surface area contributed by atoms with E-state index in [0.717, 1.165) is 12.1 Å². The molecule has 2 N–H and O–H groups in total. The highest BCUT2D eigenvalue weighted by Crippen LogP contribution is 2.36. The van der Waals surface area contributed by atoms with E-state index in [4.69, 9.17) is 27.9 Å². The van der Waals surface area contributed by atoms with Gasteiger partial charge in [0.15, 0.2) is 12.4 Å². The number of nitrogens with one attached hydrogen (secondary N) is 2. The molecule has 5 nitrogen and oxygen atoms in total. The zero-order valence-corrected chi connectivity index (χ0v) is 17.7. The normalized spacial score (nSPS) is 11.0. The molecular weight excluding hydrogens is 468 g/mol. The molecule has 0 fully saturated rings. The van der Waals surface area contributed by atoms with Crippen molar-refractivity contribution in [3.8, 4) is 5.75 Å². The zero-order valence-electron chi connectivity index (χ0n) is 16.2. The molecule has 0 heterocycles. The summed E-state index contributed by atoms with van der Waals surface area (Å²) in [6.45, 7) is -0.188. The predicted octanol–water partition coefficient (Wildman–Crippen LogP) is 6.92. The summed E-state index contributed by atoms with van der Waals surface area (Å²) < 4.78 is 44.2. The van der Waals surface area contributed by atoms with E-state index in [1.807, 2.05) is 0 Å². The second-order valence-electron chi connectivity index (χ2n) is 6.51. The molecule has 0 spiro atoms. The fourth-order valence-electron chi connectivity index (χ4n) is 2.62. The third kappa shape index (κ3) is 6.38. The fourth-order valence-corrected chi connectivity index (χ4v) is 2.97. The molecule has 0 radical (unpaired) electrons. The largest absolute Gasteiger partial charge is 0.485 e. The standard InChI is InChI=1S/C22H15Cl2F3N2O3/c23-14-3-1-13(2-4-14)20(30)12-32-17-8-5-15(6-9-17)28-21(31)29-16-7-10-19(24)18(11-16)22(25,26)27/h1-11H,12H2,(H2,28,29,31). The predicted molar refractivity (Wildman–Crippen MR) is 117 cm³/mol. The van der Waals surface area contributed by atoms with Gasteiger partial charge < -0.3 is 15.4 Å². The van der Waals surface area contributed by atoms with Gasteiger partial charge in [-0.2, -0.15) is 13.2 Å². The number of alkyl halides is 3. The van der Waals surface area contributed by atoms with Gasteiger partial charge in [-0.25, -0.2) is 4.79 Å². The highest BCUT2D eigenvalue weighted by molar-refractivity contribution is 6.31. The molecule has 0 aromatic heterocycles. The number of Topliss-reactive ketones (excluding diaryl/α,β-unsaturated/α-hetero) is 1. The van der Waals surface area contributed by atoms with Gasteiger partial charge in [-0.1, -0.05) is 23.2 Å². The molecule has 3 aromatic rings. The Bertz CT molecular complexity index is 1120. The molecule has 10 heteroatoms. The molecule has 0 saturated carbocycles. The molecule has 0 aliphatic carbocycles. The molecule has 32 heavy (non-hydrogen) atoms. The number of ether oxygens (including phenoxy) is 1. The third-order valence-electron chi connectivity index (χ3n) is 4.18. The first-order valence-electron chi connectivity index (χ1n) is 9.08. The lowest BCUT2D eigenvalue weighted by atomic mass is 10.1. The maximum absolute atomic E-state index is 12.9. The van der Waals surface area contributed by atoms with Crippen LogP contribution in [-0.2, 0) is 6.18 Å². The van der Waals surface area contributed by atoms with Gasteiger partial charge in [0, 0.05) is 22.0 Å². The van der Waals surface area contributed by atoms with Gasteiger partial charge >= 0.3 is 12.2 Å². The maximum Gasteiger partial charge on any atom is 0.417 e. The van der Waals surface area contributed by atoms with Crippen LogP contribution in [0, 0.1) is 0 Å². The van der Waals surface area contributed by atoms with Crippen LogP contribution < -0.4 is 15.4 Å². The number of hydrogen-bond donors (Lipinski definition) is 2. The molecular formula is C22H15Cl2F3N2O3. The second kappa shape index (κ2) is 9.93. The summed E-state index contributed by atoms with van der Waals surface area (Å²) >= 11 is 11.4. The van der Waals surface area contributed by atoms with E-state index in [0.29, 0.717) is 22.0 Å². The van der Waals surface area contributed by atoms with Crippen molar-refractivity contribution in [3.05, 3.63) is 87.9 Å². The zero-order chi connectivity index (χ0) is 23.3. The first kappa shape index (κ1) is 23.4. The molecule has 0 aliphatic rings. The number of ketones is 1. The Labute approximate surface area is 191 Å². The van der Waals surface area contributed by atoms with Crippen molar-refractivity contribution in [2.24, 2.45) is 0 Å². The molecule has 166 valence electrons. The van der Waals surface area contributed by atoms with Crippen molar-refractivity contribution in [1.82, 2.24) is 0 Å². The summed E-state index contributed by atoms with van der Waals surface area (Å²) in [5, 5.41) is 4.86. The van der Waals surface area contributed by atoms with Crippen LogP contribution in [0.3, 0.4) is 0 Å². The van der Waals surface area contributed by atoms with Crippen LogP contribution in [-0.4, -0.2) is 18.4 Å². The highest BCUT2D eigenvalue weighted by Gasteiger charge is 2.33. The number of carbonyl (C=O) groups excluding carboxylic acids is 2. The molecule has 3 aromatic carbocycles. The highest BCUT2D eigenvalue weighted by atomic mass is 35.5. The number of benzene rings is 3. The molecule has 0 aliphatic heterocycles. The summed E-state index contributed by atoms with van der Waals surface area (Å²) in [6, 6.07) is 14.8. The van der Waals surface area contributed by atoms with Gasteiger partial charge in [-0.15, -0.1) is 0 Å². The second-order valence-corrected chi connectivity index (χ2v) is 7.36. The van der Waals surface area contributed by atoms with Crippen LogP contribution in [0.25, 0.3) is 0 Å². The van der Waals surface area contributed by atoms with Crippen LogP contribution >= 0.6 is 23.2 Å². The number of hydrogen-bond acceptors (Lipinski definition) is 3. The van der Waals surface area contributed by atoms with E-state index in [9.17, 15) is 22.8 Å². The van der Waals surface area contributed by atoms with Gasteiger partial charge in [0.25, 0.3) is 0 Å². The van der Waals surface area contributed by atoms with Crippen LogP contribution in [0.4, 0.5) is 29.3 Å². The topological polar surface area (TPSA) is 67.4 Å². The lowest BCUT2D eigenvalue weighted by molar-refractivity contribution is -0.137. The molecule has 0 bridgehead atoms. The van der Waals surface area contributed by atoms with E-state index in [-0.39, 0.29) is 18.1 Å². The molecule has 2 amide bonds. The van der Waals surface area contributed by atoms with Crippen LogP contribution in [0.1, 0.15) is 15.9 Å². The van der Waals surface area contributed by atoms with Crippen molar-refractivity contribution >= 4 is 46.4 Å². The SMILES string of the molecule is O=C(Nc1ccc(OCC(=O)c2ccc(Cl)cc2)cc1)Nc1ccc(Cl)c(C(F)(F)F)c1. The third-order valence-corrected chi connectivity index (χ3v) is 4.76. The maximum atomic E-state index is 12.9. The van der Waals surface area contributed by atoms with Crippen molar-refractivity contribution in [1.29, 1.82) is 0 Å². The Morgan fingerprint density at radius 2 is 1.44 bits per heavy atom. The van der Waals surface area contributed by atoms with E-state index < -0.39 is 22.8 Å². The van der Waals surface area contributed by atoms with Gasteiger partial charge in [0.1, 0.15) is 5.75 Å². The van der Waals surface area contributed by atoms with Crippen molar-refractivity contribution < 1.29 is 27.5 Å². The minimum absolute atomic E-state index is 0.0695. The smallest absolute Gasteiger partial charge is 0.417 e. The van der Waals surface area contributed by atoms with Crippen molar-refractivity contribution in [2.75, 3.05) is 17.2 Å². The van der Waals surface area contributed by atoms with E-state index in [2.05, 4.69) is 10.6 Å². The summed E-state index contributed by atoms with van der Waals surface area (Å²) in [7, 11) is 0. The Balaban J connectivity index is 1.54. The Kier molecular flexibility index (Phi) is 7.27. The van der Waals surface area contributed by atoms with Crippen LogP contribution in [0.15, 0.2) is 66.7 Å². The monoisotopic (exact) mass is 482 g/mol. The number of carbonyl (C=O) groups is 2. The summed E-state index contributed by atoms with van der Waals surface area (Å²) in [6.07, 6.45) is -4.64. The summed E-state index contributed by atoms with van der Waals surface area (Å²) in [5.74, 6) is 0.162. The number of halogens is 5. The van der Waals surface area contributed by atoms with Crippen LogP contribution in [0.2, 0.25) is 10.0 Å². The lowest BCUT2D eigenvalue weighted by Crippen LogP contribution is -2.20. The van der Waals surface area contributed by atoms with E-state index in [1.165, 1.54) is 30.3 Å². The first-order valence-corrected chi connectivity index (χ1v) is 9.84. The van der Waals surface area contributed by atoms with Gasteiger partial charge in [-0.3, -0.25) is 4.79 Å². The van der Waals surface area contributed by atoms with Crippen molar-refractivity contribution in [3.63, 3.8) is 0 Å². The minimum atomic E-state index is -4.64. The Hall–Kier alpha value is -3.23. The van der Waals surface area contributed by atoms with E-state index >= 15 is 0 Å². The average Bonchev–Trinajstić information content (AvgIpc) is 2.74. The van der Waals surface area contributed by atoms with Gasteiger partial charge in [-0.05, 0) is 66.7 Å². The van der Waals surface area contributed by atoms with Crippen molar-refractivity contribution in [2.45, 2.75) is 6.18 Å². The molecule has 0 atom stereocenters. The Morgan fingerprint density at radius 1 is 0.844 bits per heavy atom. The van der Waals surface area contributed by atoms with Gasteiger partial charge in [0.2, 0.25) is 0 Å². The lowest BCUT2D eigenvalue weighted by Gasteiger charge is -2.12. The molecule has 0 unspecified atom stereocenters. The molecule has 3 rings (SSSR count). The van der Waals surface area contributed by atoms with Gasteiger partial charge in [0.05, 0.1) is 10.6 Å². The summed E-state index contributed by atoms with van der Waals surface area (Å²) in [5.41, 5.74) is -0.296. The first-order chi connectivity index (χ1) is 15.1.